The molecule has 1 aliphatic rings. The zero-order valence-corrected chi connectivity index (χ0v) is 19.8. The molecule has 0 aromatic heterocycles. The molecule has 8 heteroatoms. The van der Waals surface area contributed by atoms with Gasteiger partial charge in [-0.1, -0.05) is 78.3 Å². The minimum Gasteiger partial charge on any atom is -0.445 e. The van der Waals surface area contributed by atoms with Crippen molar-refractivity contribution in [2.24, 2.45) is 5.73 Å². The summed E-state index contributed by atoms with van der Waals surface area (Å²) < 4.78 is 5.52. The van der Waals surface area contributed by atoms with Crippen molar-refractivity contribution in [2.45, 2.75) is 38.1 Å². The second-order valence-corrected chi connectivity index (χ2v) is 8.89. The van der Waals surface area contributed by atoms with Gasteiger partial charge in [-0.25, -0.2) is 4.79 Å². The maximum Gasteiger partial charge on any atom is 0.411 e. The molecule has 0 unspecified atom stereocenters. The molecule has 3 N–H and O–H groups in total. The van der Waals surface area contributed by atoms with Gasteiger partial charge in [0.15, 0.2) is 0 Å². The SMILES string of the molecule is NC(=O)[C@@H](Cc1cccc(Cl)c1)NC(=O)[C@@H]1Cc2ccccc2CN1C(=O)OCc1ccccc1. The highest BCUT2D eigenvalue weighted by molar-refractivity contribution is 6.30. The number of carbonyl (C=O) groups excluding carboxylic acids is 3. The Balaban J connectivity index is 1.52. The smallest absolute Gasteiger partial charge is 0.411 e. The molecule has 2 atom stereocenters. The van der Waals surface area contributed by atoms with Gasteiger partial charge in [0.25, 0.3) is 0 Å². The van der Waals surface area contributed by atoms with E-state index in [9.17, 15) is 14.4 Å². The number of amides is 3. The van der Waals surface area contributed by atoms with Crippen molar-refractivity contribution in [3.8, 4) is 0 Å². The van der Waals surface area contributed by atoms with Crippen molar-refractivity contribution in [1.82, 2.24) is 10.2 Å². The Bertz CT molecular complexity index is 1220. The lowest BCUT2D eigenvalue weighted by Crippen LogP contribution is -2.56. The van der Waals surface area contributed by atoms with Crippen LogP contribution in [0.5, 0.6) is 0 Å². The molecule has 0 saturated heterocycles. The number of hydrogen-bond donors (Lipinski definition) is 2. The van der Waals surface area contributed by atoms with E-state index in [-0.39, 0.29) is 19.6 Å². The average molecular weight is 492 g/mol. The molecular weight excluding hydrogens is 466 g/mol. The molecule has 1 aliphatic heterocycles. The number of nitrogens with two attached hydrogens (primary N) is 1. The van der Waals surface area contributed by atoms with Crippen LogP contribution in [-0.4, -0.2) is 34.9 Å². The number of primary amides is 1. The fraction of sp³-hybridized carbons (Fsp3) is 0.222. The van der Waals surface area contributed by atoms with Crippen LogP contribution >= 0.6 is 11.6 Å². The van der Waals surface area contributed by atoms with Crippen LogP contribution < -0.4 is 11.1 Å². The fourth-order valence-corrected chi connectivity index (χ4v) is 4.35. The van der Waals surface area contributed by atoms with Gasteiger partial charge in [-0.3, -0.25) is 14.5 Å². The molecule has 0 fully saturated rings. The summed E-state index contributed by atoms with van der Waals surface area (Å²) in [5, 5.41) is 3.26. The molecule has 3 aromatic carbocycles. The highest BCUT2D eigenvalue weighted by Gasteiger charge is 2.37. The molecule has 0 radical (unpaired) electrons. The molecule has 0 aliphatic carbocycles. The summed E-state index contributed by atoms with van der Waals surface area (Å²) in [6.07, 6.45) is -0.122. The first-order valence-electron chi connectivity index (χ1n) is 11.3. The third-order valence-corrected chi connectivity index (χ3v) is 6.21. The summed E-state index contributed by atoms with van der Waals surface area (Å²) in [6, 6.07) is 22.1. The van der Waals surface area contributed by atoms with E-state index in [4.69, 9.17) is 22.1 Å². The first-order chi connectivity index (χ1) is 16.9. The predicted molar refractivity (Wildman–Crippen MR) is 132 cm³/mol. The number of benzene rings is 3. The Morgan fingerprint density at radius 3 is 2.37 bits per heavy atom. The first-order valence-corrected chi connectivity index (χ1v) is 11.7. The van der Waals surface area contributed by atoms with Crippen molar-refractivity contribution in [3.63, 3.8) is 0 Å². The fourth-order valence-electron chi connectivity index (χ4n) is 4.14. The van der Waals surface area contributed by atoms with Crippen molar-refractivity contribution in [1.29, 1.82) is 0 Å². The highest BCUT2D eigenvalue weighted by Crippen LogP contribution is 2.25. The monoisotopic (exact) mass is 491 g/mol. The molecule has 7 nitrogen and oxygen atoms in total. The number of ether oxygens (including phenoxy) is 1. The Morgan fingerprint density at radius 2 is 1.66 bits per heavy atom. The number of nitrogens with zero attached hydrogens (tertiary/aromatic N) is 1. The second kappa shape index (κ2) is 11.1. The maximum atomic E-state index is 13.4. The lowest BCUT2D eigenvalue weighted by atomic mass is 9.93. The number of rotatable bonds is 7. The number of fused-ring (bicyclic) bond motifs is 1. The molecular formula is C27H26ClN3O4. The topological polar surface area (TPSA) is 102 Å². The van der Waals surface area contributed by atoms with E-state index in [0.717, 1.165) is 22.3 Å². The Kier molecular flexibility index (Phi) is 7.67. The zero-order valence-electron chi connectivity index (χ0n) is 19.0. The summed E-state index contributed by atoms with van der Waals surface area (Å²) in [5.74, 6) is -1.14. The predicted octanol–water partition coefficient (Wildman–Crippen LogP) is 3.62. The normalized spacial score (nSPS) is 15.6. The molecule has 4 rings (SSSR count). The summed E-state index contributed by atoms with van der Waals surface area (Å²) in [7, 11) is 0. The molecule has 0 bridgehead atoms. The van der Waals surface area contributed by atoms with Crippen molar-refractivity contribution in [3.05, 3.63) is 106 Å². The molecule has 0 spiro atoms. The minimum atomic E-state index is -0.958. The van der Waals surface area contributed by atoms with Crippen LogP contribution in [0.25, 0.3) is 0 Å². The third-order valence-electron chi connectivity index (χ3n) is 5.98. The number of nitrogens with one attached hydrogen (secondary N) is 1. The summed E-state index contributed by atoms with van der Waals surface area (Å²) in [6.45, 7) is 0.308. The van der Waals surface area contributed by atoms with Gasteiger partial charge in [-0.15, -0.1) is 0 Å². The quantitative estimate of drug-likeness (QED) is 0.527. The molecule has 3 amide bonds. The standard InChI is InChI=1S/C27H26ClN3O4/c28-22-12-6-9-19(13-22)14-23(25(29)32)30-26(33)24-15-20-10-4-5-11-21(20)16-31(24)27(34)35-17-18-7-2-1-3-8-18/h1-13,23-24H,14-17H2,(H2,29,32)(H,30,33)/t23-,24+/m1/s1. The number of carbonyl (C=O) groups is 3. The van der Waals surface area contributed by atoms with E-state index in [1.165, 1.54) is 4.90 Å². The lowest BCUT2D eigenvalue weighted by molar-refractivity contribution is -0.131. The van der Waals surface area contributed by atoms with Crippen LogP contribution in [0.15, 0.2) is 78.9 Å². The van der Waals surface area contributed by atoms with Crippen LogP contribution in [-0.2, 0) is 40.3 Å². The van der Waals surface area contributed by atoms with E-state index in [2.05, 4.69) is 5.32 Å². The van der Waals surface area contributed by atoms with Gasteiger partial charge in [0.2, 0.25) is 11.8 Å². The second-order valence-electron chi connectivity index (χ2n) is 8.45. The van der Waals surface area contributed by atoms with Crippen LogP contribution in [0.1, 0.15) is 22.3 Å². The van der Waals surface area contributed by atoms with Gasteiger partial charge >= 0.3 is 6.09 Å². The zero-order chi connectivity index (χ0) is 24.8. The number of hydrogen-bond acceptors (Lipinski definition) is 4. The van der Waals surface area contributed by atoms with Crippen molar-refractivity contribution >= 4 is 29.5 Å². The van der Waals surface area contributed by atoms with Crippen LogP contribution in [0, 0.1) is 0 Å². The van der Waals surface area contributed by atoms with Gasteiger partial charge < -0.3 is 15.8 Å². The largest absolute Gasteiger partial charge is 0.445 e. The number of halogens is 1. The van der Waals surface area contributed by atoms with E-state index >= 15 is 0 Å². The molecule has 0 saturated carbocycles. The van der Waals surface area contributed by atoms with Gasteiger partial charge in [-0.05, 0) is 34.4 Å². The van der Waals surface area contributed by atoms with E-state index in [0.29, 0.717) is 11.4 Å². The summed E-state index contributed by atoms with van der Waals surface area (Å²) in [4.78, 5) is 40.0. The van der Waals surface area contributed by atoms with Gasteiger partial charge in [0, 0.05) is 17.9 Å². The molecule has 3 aromatic rings. The van der Waals surface area contributed by atoms with Gasteiger partial charge in [0.1, 0.15) is 18.7 Å². The maximum absolute atomic E-state index is 13.4. The van der Waals surface area contributed by atoms with Crippen molar-refractivity contribution < 1.29 is 19.1 Å². The molecule has 35 heavy (non-hydrogen) atoms. The van der Waals surface area contributed by atoms with E-state index < -0.39 is 30.0 Å². The average Bonchev–Trinajstić information content (AvgIpc) is 2.86. The van der Waals surface area contributed by atoms with E-state index in [1.807, 2.05) is 54.6 Å². The molecule has 180 valence electrons. The van der Waals surface area contributed by atoms with Crippen LogP contribution in [0.2, 0.25) is 5.02 Å². The Hall–Kier alpha value is -3.84. The summed E-state index contributed by atoms with van der Waals surface area (Å²) in [5.41, 5.74) is 9.10. The van der Waals surface area contributed by atoms with Crippen LogP contribution in [0.4, 0.5) is 4.79 Å². The van der Waals surface area contributed by atoms with Gasteiger partial charge in [-0.2, -0.15) is 0 Å². The lowest BCUT2D eigenvalue weighted by Gasteiger charge is -2.35. The van der Waals surface area contributed by atoms with Crippen molar-refractivity contribution in [2.75, 3.05) is 0 Å². The first kappa shape index (κ1) is 24.3. The van der Waals surface area contributed by atoms with Gasteiger partial charge in [0.05, 0.1) is 6.54 Å². The molecule has 1 heterocycles. The van der Waals surface area contributed by atoms with E-state index in [1.54, 1.807) is 24.3 Å². The Labute approximate surface area is 208 Å². The third kappa shape index (κ3) is 6.19. The van der Waals surface area contributed by atoms with Crippen LogP contribution in [0.3, 0.4) is 0 Å². The highest BCUT2D eigenvalue weighted by atomic mass is 35.5. The Morgan fingerprint density at radius 1 is 0.971 bits per heavy atom. The minimum absolute atomic E-state index is 0.0881. The summed E-state index contributed by atoms with van der Waals surface area (Å²) >= 11 is 6.05.